The lowest BCUT2D eigenvalue weighted by atomic mass is 10.1. The number of nitrogens with zero attached hydrogens (tertiary/aromatic N) is 4. The fourth-order valence-electron chi connectivity index (χ4n) is 3.20. The molecule has 7 nitrogen and oxygen atoms in total. The molecule has 0 amide bonds. The van der Waals surface area contributed by atoms with Gasteiger partial charge in [-0.2, -0.15) is 0 Å². The van der Waals surface area contributed by atoms with Crippen LogP contribution in [0.2, 0.25) is 0 Å². The summed E-state index contributed by atoms with van der Waals surface area (Å²) in [6.45, 7) is 6.62. The van der Waals surface area contributed by atoms with E-state index in [1.807, 2.05) is 24.5 Å². The van der Waals surface area contributed by atoms with E-state index in [0.29, 0.717) is 5.95 Å². The lowest BCUT2D eigenvalue weighted by Gasteiger charge is -2.07. The topological polar surface area (TPSA) is 87.7 Å². The van der Waals surface area contributed by atoms with Gasteiger partial charge in [-0.05, 0) is 54.8 Å². The molecule has 0 unspecified atom stereocenters. The molecule has 3 N–H and O–H groups in total. The van der Waals surface area contributed by atoms with Crippen LogP contribution >= 0.6 is 11.3 Å². The maximum atomic E-state index is 4.63. The van der Waals surface area contributed by atoms with Crippen molar-refractivity contribution in [3.63, 3.8) is 0 Å². The van der Waals surface area contributed by atoms with Crippen molar-refractivity contribution in [1.82, 2.24) is 25.3 Å². The van der Waals surface area contributed by atoms with Crippen LogP contribution in [0.3, 0.4) is 0 Å². The Morgan fingerprint density at radius 1 is 0.935 bits per heavy atom. The number of hydrogen-bond acceptors (Lipinski definition) is 8. The SMILES string of the molecule is Cc1cc(C)cc(Nc2nccc(-c3ncc(NCCNCc4cccnc4)s3)n2)c1. The van der Waals surface area contributed by atoms with Crippen LogP contribution < -0.4 is 16.0 Å². The Morgan fingerprint density at radius 3 is 2.61 bits per heavy atom. The normalized spacial score (nSPS) is 10.8. The summed E-state index contributed by atoms with van der Waals surface area (Å²) in [5.74, 6) is 0.562. The van der Waals surface area contributed by atoms with Crippen LogP contribution in [0.25, 0.3) is 10.7 Å². The van der Waals surface area contributed by atoms with Gasteiger partial charge in [0.1, 0.15) is 15.7 Å². The van der Waals surface area contributed by atoms with Gasteiger partial charge < -0.3 is 16.0 Å². The quantitative estimate of drug-likeness (QED) is 0.335. The van der Waals surface area contributed by atoms with Crippen molar-refractivity contribution in [2.75, 3.05) is 23.7 Å². The number of pyridine rings is 1. The molecule has 0 atom stereocenters. The fourth-order valence-corrected chi connectivity index (χ4v) is 4.01. The Kier molecular flexibility index (Phi) is 6.81. The molecule has 3 heterocycles. The highest BCUT2D eigenvalue weighted by Gasteiger charge is 2.08. The van der Waals surface area contributed by atoms with Crippen LogP contribution in [0.4, 0.5) is 16.6 Å². The van der Waals surface area contributed by atoms with Gasteiger partial charge in [0.25, 0.3) is 0 Å². The number of aryl methyl sites for hydroxylation is 2. The lowest BCUT2D eigenvalue weighted by Crippen LogP contribution is -2.21. The third-order valence-electron chi connectivity index (χ3n) is 4.51. The van der Waals surface area contributed by atoms with Crippen LogP contribution in [0.1, 0.15) is 16.7 Å². The van der Waals surface area contributed by atoms with E-state index in [2.05, 4.69) is 74.0 Å². The average Bonchev–Trinajstić information content (AvgIpc) is 3.23. The molecular formula is C23H25N7S. The summed E-state index contributed by atoms with van der Waals surface area (Å²) in [6, 6.07) is 12.2. The Balaban J connectivity index is 1.31. The molecule has 0 bridgehead atoms. The molecule has 0 radical (unpaired) electrons. The van der Waals surface area contributed by atoms with Gasteiger partial charge in [0.05, 0.1) is 6.20 Å². The van der Waals surface area contributed by atoms with Gasteiger partial charge in [-0.1, -0.05) is 23.5 Å². The van der Waals surface area contributed by atoms with E-state index in [0.717, 1.165) is 41.0 Å². The summed E-state index contributed by atoms with van der Waals surface area (Å²) in [4.78, 5) is 17.6. The Labute approximate surface area is 186 Å². The zero-order chi connectivity index (χ0) is 21.5. The fraction of sp³-hybridized carbons (Fsp3) is 0.217. The van der Waals surface area contributed by atoms with Gasteiger partial charge in [0, 0.05) is 43.9 Å². The number of nitrogens with one attached hydrogen (secondary N) is 3. The molecule has 1 aromatic carbocycles. The molecule has 8 heteroatoms. The minimum atomic E-state index is 0.562. The third kappa shape index (κ3) is 6.07. The standard InChI is InChI=1S/C23H25N7S/c1-16-10-17(2)12-19(11-16)29-23-27-7-5-20(30-23)22-28-15-21(31-22)26-9-8-25-14-18-4-3-6-24-13-18/h3-7,10-13,15,25-26H,8-9,14H2,1-2H3,(H,27,29,30). The maximum Gasteiger partial charge on any atom is 0.227 e. The molecule has 0 aliphatic heterocycles. The van der Waals surface area contributed by atoms with Gasteiger partial charge in [0.15, 0.2) is 0 Å². The van der Waals surface area contributed by atoms with Crippen molar-refractivity contribution in [2.45, 2.75) is 20.4 Å². The molecule has 0 saturated heterocycles. The summed E-state index contributed by atoms with van der Waals surface area (Å²) >= 11 is 1.58. The van der Waals surface area contributed by atoms with Crippen molar-refractivity contribution in [3.05, 3.63) is 77.9 Å². The van der Waals surface area contributed by atoms with Crippen molar-refractivity contribution < 1.29 is 0 Å². The molecule has 4 rings (SSSR count). The molecule has 0 fully saturated rings. The first-order valence-corrected chi connectivity index (χ1v) is 11.0. The highest BCUT2D eigenvalue weighted by molar-refractivity contribution is 7.18. The second-order valence-corrected chi connectivity index (χ2v) is 8.29. The molecule has 0 saturated carbocycles. The van der Waals surface area contributed by atoms with Crippen LogP contribution in [-0.4, -0.2) is 33.0 Å². The second kappa shape index (κ2) is 10.1. The predicted molar refractivity (Wildman–Crippen MR) is 127 cm³/mol. The molecule has 31 heavy (non-hydrogen) atoms. The Hall–Kier alpha value is -3.36. The van der Waals surface area contributed by atoms with Crippen molar-refractivity contribution in [1.29, 1.82) is 0 Å². The largest absolute Gasteiger partial charge is 0.374 e. The maximum absolute atomic E-state index is 4.63. The minimum Gasteiger partial charge on any atom is -0.374 e. The second-order valence-electron chi connectivity index (χ2n) is 7.26. The van der Waals surface area contributed by atoms with E-state index >= 15 is 0 Å². The predicted octanol–water partition coefficient (Wildman–Crippen LogP) is 4.56. The molecule has 0 spiro atoms. The van der Waals surface area contributed by atoms with E-state index in [9.17, 15) is 0 Å². The smallest absolute Gasteiger partial charge is 0.227 e. The van der Waals surface area contributed by atoms with Gasteiger partial charge in [0.2, 0.25) is 5.95 Å². The van der Waals surface area contributed by atoms with E-state index in [4.69, 9.17) is 0 Å². The molecule has 158 valence electrons. The van der Waals surface area contributed by atoms with Gasteiger partial charge in [-0.3, -0.25) is 4.98 Å². The summed E-state index contributed by atoms with van der Waals surface area (Å²) in [7, 11) is 0. The highest BCUT2D eigenvalue weighted by atomic mass is 32.1. The number of hydrogen-bond donors (Lipinski definition) is 3. The van der Waals surface area contributed by atoms with E-state index in [1.165, 1.54) is 16.7 Å². The number of thiazole rings is 1. The number of anilines is 3. The zero-order valence-corrected chi connectivity index (χ0v) is 18.4. The zero-order valence-electron chi connectivity index (χ0n) is 17.6. The van der Waals surface area contributed by atoms with Crippen LogP contribution in [-0.2, 0) is 6.54 Å². The molecule has 4 aromatic rings. The van der Waals surface area contributed by atoms with Gasteiger partial charge >= 0.3 is 0 Å². The summed E-state index contributed by atoms with van der Waals surface area (Å²) in [6.07, 6.45) is 7.26. The van der Waals surface area contributed by atoms with E-state index in [-0.39, 0.29) is 0 Å². The van der Waals surface area contributed by atoms with Gasteiger partial charge in [-0.15, -0.1) is 0 Å². The van der Waals surface area contributed by atoms with Gasteiger partial charge in [-0.25, -0.2) is 15.0 Å². The van der Waals surface area contributed by atoms with E-state index < -0.39 is 0 Å². The van der Waals surface area contributed by atoms with Crippen LogP contribution in [0.15, 0.2) is 61.2 Å². The number of rotatable bonds is 9. The lowest BCUT2D eigenvalue weighted by molar-refractivity contribution is 0.705. The summed E-state index contributed by atoms with van der Waals surface area (Å²) < 4.78 is 0. The molecule has 3 aromatic heterocycles. The third-order valence-corrected chi connectivity index (χ3v) is 5.49. The summed E-state index contributed by atoms with van der Waals surface area (Å²) in [5, 5.41) is 12.0. The molecular weight excluding hydrogens is 406 g/mol. The first-order valence-electron chi connectivity index (χ1n) is 10.1. The first-order chi connectivity index (χ1) is 15.2. The summed E-state index contributed by atoms with van der Waals surface area (Å²) in [5.41, 5.74) is 5.36. The van der Waals surface area contributed by atoms with E-state index in [1.54, 1.807) is 23.7 Å². The number of benzene rings is 1. The van der Waals surface area contributed by atoms with Crippen molar-refractivity contribution >= 4 is 28.0 Å². The number of aromatic nitrogens is 4. The monoisotopic (exact) mass is 431 g/mol. The van der Waals surface area contributed by atoms with Crippen LogP contribution in [0.5, 0.6) is 0 Å². The Bertz CT molecular complexity index is 1110. The Morgan fingerprint density at radius 2 is 1.81 bits per heavy atom. The molecule has 0 aliphatic carbocycles. The van der Waals surface area contributed by atoms with Crippen molar-refractivity contribution in [3.8, 4) is 10.7 Å². The highest BCUT2D eigenvalue weighted by Crippen LogP contribution is 2.27. The average molecular weight is 432 g/mol. The molecule has 0 aliphatic rings. The first kappa shape index (κ1) is 20.9. The van der Waals surface area contributed by atoms with Crippen molar-refractivity contribution in [2.24, 2.45) is 0 Å². The minimum absolute atomic E-state index is 0.562. The van der Waals surface area contributed by atoms with Crippen LogP contribution in [0, 0.1) is 13.8 Å².